The van der Waals surface area contributed by atoms with Gasteiger partial charge in [0.25, 0.3) is 0 Å². The van der Waals surface area contributed by atoms with Gasteiger partial charge in [-0.3, -0.25) is 14.7 Å². The lowest BCUT2D eigenvalue weighted by molar-refractivity contribution is -0.118. The zero-order valence-electron chi connectivity index (χ0n) is 17.6. The molecule has 0 aliphatic heterocycles. The highest BCUT2D eigenvalue weighted by Gasteiger charge is 2.22. The molecule has 0 saturated carbocycles. The van der Waals surface area contributed by atoms with E-state index in [0.717, 1.165) is 38.4 Å². The number of halogens is 1. The van der Waals surface area contributed by atoms with E-state index >= 15 is 0 Å². The van der Waals surface area contributed by atoms with Crippen LogP contribution in [0.4, 0.5) is 5.13 Å². The topological polar surface area (TPSA) is 55.3 Å². The van der Waals surface area contributed by atoms with Gasteiger partial charge >= 0.3 is 0 Å². The SMILES string of the molecule is COc1ccc(CC(=O)N(Cc2ccccn2)c2nc3c(C)ccc(Cl)c3s2)cc1C. The fraction of sp³-hybridized carbons (Fsp3) is 0.208. The molecule has 0 radical (unpaired) electrons. The summed E-state index contributed by atoms with van der Waals surface area (Å²) in [4.78, 5) is 24.3. The number of fused-ring (bicyclic) bond motifs is 1. The summed E-state index contributed by atoms with van der Waals surface area (Å²) in [6.07, 6.45) is 1.98. The van der Waals surface area contributed by atoms with Crippen molar-refractivity contribution in [1.82, 2.24) is 9.97 Å². The quantitative estimate of drug-likeness (QED) is 0.374. The number of hydrogen-bond acceptors (Lipinski definition) is 5. The number of methoxy groups -OCH3 is 1. The molecule has 0 aliphatic rings. The van der Waals surface area contributed by atoms with Crippen LogP contribution in [-0.4, -0.2) is 23.0 Å². The van der Waals surface area contributed by atoms with Crippen LogP contribution >= 0.6 is 22.9 Å². The number of thiazole rings is 1. The Hall–Kier alpha value is -2.96. The molecule has 0 saturated heterocycles. The number of benzene rings is 2. The Morgan fingerprint density at radius 2 is 1.97 bits per heavy atom. The summed E-state index contributed by atoms with van der Waals surface area (Å²) in [6, 6.07) is 15.3. The molecular weight excluding hydrogens is 430 g/mol. The number of nitrogens with zero attached hydrogens (tertiary/aromatic N) is 3. The van der Waals surface area contributed by atoms with E-state index in [1.165, 1.54) is 11.3 Å². The Kier molecular flexibility index (Phi) is 6.20. The van der Waals surface area contributed by atoms with Gasteiger partial charge in [0, 0.05) is 6.20 Å². The van der Waals surface area contributed by atoms with Gasteiger partial charge in [-0.1, -0.05) is 47.2 Å². The second-order valence-electron chi connectivity index (χ2n) is 7.32. The molecule has 0 atom stereocenters. The molecule has 1 amide bonds. The van der Waals surface area contributed by atoms with Crippen LogP contribution in [0.5, 0.6) is 5.75 Å². The molecule has 5 nitrogen and oxygen atoms in total. The van der Waals surface area contributed by atoms with Crippen LogP contribution in [0.3, 0.4) is 0 Å². The Morgan fingerprint density at radius 3 is 2.65 bits per heavy atom. The van der Waals surface area contributed by atoms with Crippen molar-refractivity contribution < 1.29 is 9.53 Å². The highest BCUT2D eigenvalue weighted by Crippen LogP contribution is 2.36. The zero-order valence-corrected chi connectivity index (χ0v) is 19.1. The molecule has 0 fully saturated rings. The average Bonchev–Trinajstić information content (AvgIpc) is 3.22. The maximum absolute atomic E-state index is 13.4. The number of rotatable bonds is 6. The van der Waals surface area contributed by atoms with E-state index < -0.39 is 0 Å². The third-order valence-electron chi connectivity index (χ3n) is 5.08. The van der Waals surface area contributed by atoms with Crippen LogP contribution < -0.4 is 9.64 Å². The van der Waals surface area contributed by atoms with Gasteiger partial charge in [0.2, 0.25) is 5.91 Å². The Bertz CT molecular complexity index is 1200. The van der Waals surface area contributed by atoms with E-state index in [0.29, 0.717) is 16.7 Å². The molecule has 4 rings (SSSR count). The monoisotopic (exact) mass is 451 g/mol. The van der Waals surface area contributed by atoms with E-state index in [2.05, 4.69) is 4.98 Å². The molecule has 0 aliphatic carbocycles. The van der Waals surface area contributed by atoms with Crippen molar-refractivity contribution in [3.63, 3.8) is 0 Å². The minimum atomic E-state index is -0.0527. The number of ether oxygens (including phenoxy) is 1. The summed E-state index contributed by atoms with van der Waals surface area (Å²) in [5.74, 6) is 0.751. The Labute approximate surface area is 190 Å². The van der Waals surface area contributed by atoms with Gasteiger partial charge in [-0.05, 0) is 54.8 Å². The second-order valence-corrected chi connectivity index (χ2v) is 8.70. The van der Waals surface area contributed by atoms with E-state index in [-0.39, 0.29) is 12.3 Å². The van der Waals surface area contributed by atoms with Gasteiger partial charge in [-0.15, -0.1) is 0 Å². The molecule has 2 aromatic carbocycles. The summed E-state index contributed by atoms with van der Waals surface area (Å²) in [5.41, 5.74) is 4.56. The molecule has 2 heterocycles. The normalized spacial score (nSPS) is 11.0. The lowest BCUT2D eigenvalue weighted by Crippen LogP contribution is -2.32. The van der Waals surface area contributed by atoms with Gasteiger partial charge in [0.05, 0.1) is 41.0 Å². The predicted octanol–water partition coefficient (Wildman–Crippen LogP) is 5.75. The smallest absolute Gasteiger partial charge is 0.233 e. The molecule has 158 valence electrons. The first-order chi connectivity index (χ1) is 15.0. The van der Waals surface area contributed by atoms with Gasteiger partial charge in [-0.2, -0.15) is 0 Å². The van der Waals surface area contributed by atoms with Crippen molar-refractivity contribution in [3.8, 4) is 5.75 Å². The van der Waals surface area contributed by atoms with E-state index in [1.807, 2.05) is 62.4 Å². The van der Waals surface area contributed by atoms with Crippen LogP contribution in [-0.2, 0) is 17.8 Å². The third-order valence-corrected chi connectivity index (χ3v) is 6.62. The average molecular weight is 452 g/mol. The lowest BCUT2D eigenvalue weighted by atomic mass is 10.1. The lowest BCUT2D eigenvalue weighted by Gasteiger charge is -2.20. The number of carbonyl (C=O) groups is 1. The Morgan fingerprint density at radius 1 is 1.13 bits per heavy atom. The number of hydrogen-bond donors (Lipinski definition) is 0. The van der Waals surface area contributed by atoms with E-state index in [1.54, 1.807) is 18.2 Å². The van der Waals surface area contributed by atoms with Crippen molar-refractivity contribution in [2.45, 2.75) is 26.8 Å². The van der Waals surface area contributed by atoms with Gasteiger partial charge in [0.15, 0.2) is 5.13 Å². The minimum Gasteiger partial charge on any atom is -0.496 e. The zero-order chi connectivity index (χ0) is 22.0. The number of aryl methyl sites for hydroxylation is 2. The highest BCUT2D eigenvalue weighted by molar-refractivity contribution is 7.23. The molecule has 7 heteroatoms. The maximum atomic E-state index is 13.4. The first-order valence-corrected chi connectivity index (χ1v) is 11.0. The van der Waals surface area contributed by atoms with Crippen LogP contribution in [0.25, 0.3) is 10.2 Å². The highest BCUT2D eigenvalue weighted by atomic mass is 35.5. The standard InChI is InChI=1S/C24H22ClN3O2S/c1-15-7-9-19(25)23-22(15)27-24(31-23)28(14-18-6-4-5-11-26-18)21(29)13-17-8-10-20(30-3)16(2)12-17/h4-12H,13-14H2,1-3H3. The fourth-order valence-corrected chi connectivity index (χ4v) is 4.78. The van der Waals surface area contributed by atoms with Crippen molar-refractivity contribution in [3.05, 3.63) is 82.1 Å². The van der Waals surface area contributed by atoms with Gasteiger partial charge < -0.3 is 4.74 Å². The van der Waals surface area contributed by atoms with Gasteiger partial charge in [0.1, 0.15) is 5.75 Å². The van der Waals surface area contributed by atoms with Crippen molar-refractivity contribution in [2.24, 2.45) is 0 Å². The first kappa shape index (κ1) is 21.3. The minimum absolute atomic E-state index is 0.0527. The number of aromatic nitrogens is 2. The van der Waals surface area contributed by atoms with Crippen molar-refractivity contribution in [2.75, 3.05) is 12.0 Å². The first-order valence-electron chi connectivity index (χ1n) is 9.85. The molecule has 0 unspecified atom stereocenters. The molecule has 2 aromatic heterocycles. The second kappa shape index (κ2) is 9.04. The molecule has 0 spiro atoms. The van der Waals surface area contributed by atoms with Crippen LogP contribution in [0, 0.1) is 13.8 Å². The molecule has 0 bridgehead atoms. The van der Waals surface area contributed by atoms with Crippen LogP contribution in [0.2, 0.25) is 5.02 Å². The number of carbonyl (C=O) groups excluding carboxylic acids is 1. The molecule has 4 aromatic rings. The summed E-state index contributed by atoms with van der Waals surface area (Å²) in [7, 11) is 1.64. The molecular formula is C24H22ClN3O2S. The van der Waals surface area contributed by atoms with Crippen LogP contribution in [0.15, 0.2) is 54.7 Å². The van der Waals surface area contributed by atoms with Crippen molar-refractivity contribution >= 4 is 44.2 Å². The summed E-state index contributed by atoms with van der Waals surface area (Å²) in [6.45, 7) is 4.30. The third kappa shape index (κ3) is 4.55. The van der Waals surface area contributed by atoms with E-state index in [9.17, 15) is 4.79 Å². The number of anilines is 1. The fourth-order valence-electron chi connectivity index (χ4n) is 3.44. The number of pyridine rings is 1. The Balaban J connectivity index is 1.70. The van der Waals surface area contributed by atoms with E-state index in [4.69, 9.17) is 21.3 Å². The summed E-state index contributed by atoms with van der Waals surface area (Å²) in [5, 5.41) is 1.26. The largest absolute Gasteiger partial charge is 0.496 e. The van der Waals surface area contributed by atoms with Gasteiger partial charge in [-0.25, -0.2) is 4.98 Å². The maximum Gasteiger partial charge on any atom is 0.233 e. The molecule has 0 N–H and O–H groups in total. The number of amides is 1. The molecule has 31 heavy (non-hydrogen) atoms. The summed E-state index contributed by atoms with van der Waals surface area (Å²) < 4.78 is 6.22. The van der Waals surface area contributed by atoms with Crippen LogP contribution in [0.1, 0.15) is 22.4 Å². The predicted molar refractivity (Wildman–Crippen MR) is 126 cm³/mol. The summed E-state index contributed by atoms with van der Waals surface area (Å²) >= 11 is 7.83. The van der Waals surface area contributed by atoms with Crippen molar-refractivity contribution in [1.29, 1.82) is 0 Å².